The number of aromatic amines is 1. The van der Waals surface area contributed by atoms with Crippen LogP contribution in [0.25, 0.3) is 11.1 Å². The molecular formula is C39H51N7O7. The minimum Gasteiger partial charge on any atom is -0.465 e. The number of carbonyl (C=O) groups excluding carboxylic acids is 6. The Morgan fingerprint density at radius 3 is 1.77 bits per heavy atom. The summed E-state index contributed by atoms with van der Waals surface area (Å²) in [6.45, 7) is 5.11. The Bertz CT molecular complexity index is 1650. The summed E-state index contributed by atoms with van der Waals surface area (Å²) in [4.78, 5) is 82.3. The SMILES string of the molecule is CCCNC(=O)CCCC(=O)Nc1ccc2c(c1)C(COC(=O)C[C@@H](Cc1cnc[nH]1)C(=O)NC)c1cc(NC(=O)CCCC(=O)NCCC)ccc1-2. The molecule has 6 N–H and O–H groups in total. The Hall–Kier alpha value is -5.53. The van der Waals surface area contributed by atoms with Gasteiger partial charge in [-0.2, -0.15) is 0 Å². The van der Waals surface area contributed by atoms with Crippen molar-refractivity contribution >= 4 is 46.9 Å². The molecule has 1 aliphatic rings. The average molecular weight is 730 g/mol. The fourth-order valence-electron chi connectivity index (χ4n) is 6.23. The van der Waals surface area contributed by atoms with Gasteiger partial charge in [0, 0.05) is 81.4 Å². The van der Waals surface area contributed by atoms with Gasteiger partial charge in [0.15, 0.2) is 0 Å². The van der Waals surface area contributed by atoms with Crippen LogP contribution in [0.1, 0.15) is 94.4 Å². The van der Waals surface area contributed by atoms with Gasteiger partial charge in [-0.25, -0.2) is 4.98 Å². The zero-order valence-electron chi connectivity index (χ0n) is 30.8. The van der Waals surface area contributed by atoms with Crippen molar-refractivity contribution < 1.29 is 33.5 Å². The molecule has 1 atom stereocenters. The molecule has 14 heteroatoms. The number of anilines is 2. The number of hydrogen-bond donors (Lipinski definition) is 6. The number of benzene rings is 2. The van der Waals surface area contributed by atoms with E-state index < -0.39 is 17.8 Å². The van der Waals surface area contributed by atoms with Crippen molar-refractivity contribution in [2.45, 2.75) is 84.0 Å². The minimum atomic E-state index is -0.671. The molecule has 0 aliphatic heterocycles. The minimum absolute atomic E-state index is 0.0438. The van der Waals surface area contributed by atoms with E-state index in [1.807, 2.05) is 38.1 Å². The highest BCUT2D eigenvalue weighted by atomic mass is 16.5. The van der Waals surface area contributed by atoms with Gasteiger partial charge in [-0.1, -0.05) is 26.0 Å². The van der Waals surface area contributed by atoms with Crippen LogP contribution in [0, 0.1) is 5.92 Å². The van der Waals surface area contributed by atoms with E-state index in [-0.39, 0.29) is 74.7 Å². The molecule has 1 aliphatic carbocycles. The topological polar surface area (TPSA) is 200 Å². The average Bonchev–Trinajstić information content (AvgIpc) is 3.76. The summed E-state index contributed by atoms with van der Waals surface area (Å²) in [6.07, 6.45) is 6.63. The number of aromatic nitrogens is 2. The maximum atomic E-state index is 13.2. The van der Waals surface area contributed by atoms with Gasteiger partial charge in [-0.15, -0.1) is 0 Å². The first-order valence-electron chi connectivity index (χ1n) is 18.4. The molecule has 2 aromatic carbocycles. The third-order valence-electron chi connectivity index (χ3n) is 8.93. The van der Waals surface area contributed by atoms with E-state index >= 15 is 0 Å². The molecule has 3 aromatic rings. The normalized spacial score (nSPS) is 12.2. The lowest BCUT2D eigenvalue weighted by Gasteiger charge is -2.18. The summed E-state index contributed by atoms with van der Waals surface area (Å²) in [7, 11) is 1.52. The zero-order chi connectivity index (χ0) is 38.2. The van der Waals surface area contributed by atoms with E-state index in [2.05, 4.69) is 36.6 Å². The molecule has 0 saturated carbocycles. The first-order chi connectivity index (χ1) is 25.6. The van der Waals surface area contributed by atoms with E-state index in [4.69, 9.17) is 4.74 Å². The van der Waals surface area contributed by atoms with Crippen LogP contribution in [0.2, 0.25) is 0 Å². The summed E-state index contributed by atoms with van der Waals surface area (Å²) < 4.78 is 5.84. The van der Waals surface area contributed by atoms with Gasteiger partial charge >= 0.3 is 5.97 Å². The summed E-state index contributed by atoms with van der Waals surface area (Å²) in [5.41, 5.74) is 5.27. The van der Waals surface area contributed by atoms with Gasteiger partial charge in [0.05, 0.1) is 18.7 Å². The summed E-state index contributed by atoms with van der Waals surface area (Å²) in [5, 5.41) is 14.1. The van der Waals surface area contributed by atoms with Crippen molar-refractivity contribution in [2.75, 3.05) is 37.4 Å². The standard InChI is InChI=1S/C39H51N7O7/c1-4-16-42-34(47)8-6-10-36(49)45-26-12-14-29-30-15-13-27(46-37(50)11-7-9-35(48)43-17-5-2)21-32(30)33(31(29)20-26)23-53-38(51)19-25(39(52)40-3)18-28-22-41-24-44-28/h12-15,20-22,24-25,33H,4-11,16-19,23H2,1-3H3,(H,40,52)(H,41,44)(H,42,47)(H,43,48)(H,45,49)(H,46,50)/t25-/m1/s1. The number of carbonyl (C=O) groups is 6. The Balaban J connectivity index is 1.48. The molecule has 1 aromatic heterocycles. The van der Waals surface area contributed by atoms with Crippen molar-refractivity contribution in [3.63, 3.8) is 0 Å². The Morgan fingerprint density at radius 2 is 1.30 bits per heavy atom. The number of imidazole rings is 1. The molecular weight excluding hydrogens is 678 g/mol. The van der Waals surface area contributed by atoms with Gasteiger partial charge in [-0.3, -0.25) is 28.8 Å². The highest BCUT2D eigenvalue weighted by molar-refractivity contribution is 5.94. The molecule has 4 rings (SSSR count). The second-order valence-corrected chi connectivity index (χ2v) is 13.1. The predicted octanol–water partition coefficient (Wildman–Crippen LogP) is 4.33. The van der Waals surface area contributed by atoms with Crippen molar-refractivity contribution in [3.8, 4) is 11.1 Å². The largest absolute Gasteiger partial charge is 0.465 e. The molecule has 284 valence electrons. The number of esters is 1. The van der Waals surface area contributed by atoms with Crippen LogP contribution in [0.3, 0.4) is 0 Å². The molecule has 0 bridgehead atoms. The van der Waals surface area contributed by atoms with E-state index in [9.17, 15) is 28.8 Å². The van der Waals surface area contributed by atoms with E-state index in [0.717, 1.165) is 35.1 Å². The maximum absolute atomic E-state index is 13.2. The number of H-pyrrole nitrogens is 1. The Kier molecular flexibility index (Phi) is 15.6. The number of amides is 5. The molecule has 0 unspecified atom stereocenters. The molecule has 0 spiro atoms. The van der Waals surface area contributed by atoms with Gasteiger partial charge in [-0.05, 0) is 72.2 Å². The second kappa shape index (κ2) is 20.5. The van der Waals surface area contributed by atoms with Crippen LogP contribution in [0.5, 0.6) is 0 Å². The molecule has 0 fully saturated rings. The quantitative estimate of drug-likeness (QED) is 0.0870. The summed E-state index contributed by atoms with van der Waals surface area (Å²) >= 11 is 0. The molecule has 5 amide bonds. The van der Waals surface area contributed by atoms with Crippen molar-refractivity contribution in [1.29, 1.82) is 0 Å². The highest BCUT2D eigenvalue weighted by Crippen LogP contribution is 2.47. The zero-order valence-corrected chi connectivity index (χ0v) is 30.8. The number of hydrogen-bond acceptors (Lipinski definition) is 8. The van der Waals surface area contributed by atoms with Crippen LogP contribution in [0.15, 0.2) is 48.9 Å². The van der Waals surface area contributed by atoms with Gasteiger partial charge in [0.25, 0.3) is 0 Å². The summed E-state index contributed by atoms with van der Waals surface area (Å²) in [6, 6.07) is 11.1. The van der Waals surface area contributed by atoms with Gasteiger partial charge in [0.1, 0.15) is 6.61 Å². The lowest BCUT2D eigenvalue weighted by molar-refractivity contribution is -0.147. The van der Waals surface area contributed by atoms with Crippen LogP contribution >= 0.6 is 0 Å². The lowest BCUT2D eigenvalue weighted by Crippen LogP contribution is -2.31. The molecule has 0 radical (unpaired) electrons. The van der Waals surface area contributed by atoms with Crippen LogP contribution in [0.4, 0.5) is 11.4 Å². The third-order valence-corrected chi connectivity index (χ3v) is 8.93. The van der Waals surface area contributed by atoms with Crippen LogP contribution in [-0.2, 0) is 39.9 Å². The number of ether oxygens (including phenoxy) is 1. The molecule has 1 heterocycles. The molecule has 53 heavy (non-hydrogen) atoms. The second-order valence-electron chi connectivity index (χ2n) is 13.1. The van der Waals surface area contributed by atoms with Crippen LogP contribution in [-0.4, -0.2) is 72.2 Å². The molecule has 0 saturated heterocycles. The lowest BCUT2D eigenvalue weighted by atomic mass is 9.96. The number of rotatable bonds is 21. The highest BCUT2D eigenvalue weighted by Gasteiger charge is 2.32. The van der Waals surface area contributed by atoms with Crippen molar-refractivity contribution in [2.24, 2.45) is 5.92 Å². The van der Waals surface area contributed by atoms with Crippen molar-refractivity contribution in [1.82, 2.24) is 25.9 Å². The fraction of sp³-hybridized carbons (Fsp3) is 0.462. The maximum Gasteiger partial charge on any atom is 0.306 e. The number of nitrogens with zero attached hydrogens (tertiary/aromatic N) is 1. The van der Waals surface area contributed by atoms with Gasteiger partial charge in [0.2, 0.25) is 29.5 Å². The van der Waals surface area contributed by atoms with E-state index in [0.29, 0.717) is 43.0 Å². The molecule has 14 nitrogen and oxygen atoms in total. The predicted molar refractivity (Wildman–Crippen MR) is 201 cm³/mol. The fourth-order valence-corrected chi connectivity index (χ4v) is 6.23. The monoisotopic (exact) mass is 729 g/mol. The third kappa shape index (κ3) is 12.3. The first kappa shape index (κ1) is 40.2. The van der Waals surface area contributed by atoms with E-state index in [1.165, 1.54) is 13.4 Å². The van der Waals surface area contributed by atoms with Gasteiger partial charge < -0.3 is 36.3 Å². The van der Waals surface area contributed by atoms with Crippen LogP contribution < -0.4 is 26.6 Å². The Morgan fingerprint density at radius 1 is 0.774 bits per heavy atom. The first-order valence-corrected chi connectivity index (χ1v) is 18.4. The van der Waals surface area contributed by atoms with Crippen molar-refractivity contribution in [3.05, 3.63) is 65.7 Å². The summed E-state index contributed by atoms with van der Waals surface area (Å²) in [5.74, 6) is -2.57. The van der Waals surface area contributed by atoms with E-state index in [1.54, 1.807) is 18.3 Å². The number of fused-ring (bicyclic) bond motifs is 3. The smallest absolute Gasteiger partial charge is 0.306 e. The number of nitrogens with one attached hydrogen (secondary N) is 6. The Labute approximate surface area is 310 Å².